The molecule has 0 saturated heterocycles. The predicted molar refractivity (Wildman–Crippen MR) is 80.8 cm³/mol. The minimum Gasteiger partial charge on any atom is -0.326 e. The Bertz CT molecular complexity index is 235. The molecule has 1 saturated carbocycles. The third kappa shape index (κ3) is 4.55. The van der Waals surface area contributed by atoms with Gasteiger partial charge in [0.05, 0.1) is 0 Å². The van der Waals surface area contributed by atoms with Crippen molar-refractivity contribution in [1.29, 1.82) is 0 Å². The van der Waals surface area contributed by atoms with E-state index in [0.717, 1.165) is 0 Å². The Hall–Kier alpha value is -0.0800. The van der Waals surface area contributed by atoms with E-state index in [-0.39, 0.29) is 0 Å². The van der Waals surface area contributed by atoms with Crippen LogP contribution in [0.1, 0.15) is 73.1 Å². The van der Waals surface area contributed by atoms with E-state index < -0.39 is 0 Å². The van der Waals surface area contributed by atoms with Crippen LogP contribution in [0.15, 0.2) is 0 Å². The third-order valence-corrected chi connectivity index (χ3v) is 4.52. The molecule has 1 fully saturated rings. The van der Waals surface area contributed by atoms with Crippen molar-refractivity contribution < 1.29 is 0 Å². The molecular formula is C16H34N2. The van der Waals surface area contributed by atoms with Gasteiger partial charge in [0, 0.05) is 18.1 Å². The van der Waals surface area contributed by atoms with Crippen molar-refractivity contribution in [3.05, 3.63) is 0 Å². The Morgan fingerprint density at radius 2 is 1.94 bits per heavy atom. The summed E-state index contributed by atoms with van der Waals surface area (Å²) in [7, 11) is 0. The Labute approximate surface area is 114 Å². The van der Waals surface area contributed by atoms with Crippen molar-refractivity contribution >= 4 is 0 Å². The molecule has 0 aliphatic heterocycles. The summed E-state index contributed by atoms with van der Waals surface area (Å²) >= 11 is 0. The number of rotatable bonds is 6. The monoisotopic (exact) mass is 254 g/mol. The Balaban J connectivity index is 2.64. The SMILES string of the molecule is CCCCCN(C(C)C)C1CC(C)(C)CCC1N. The highest BCUT2D eigenvalue weighted by molar-refractivity contribution is 4.93. The number of unbranched alkanes of at least 4 members (excludes halogenated alkanes) is 2. The zero-order valence-electron chi connectivity index (χ0n) is 13.2. The highest BCUT2D eigenvalue weighted by Crippen LogP contribution is 2.37. The van der Waals surface area contributed by atoms with Crippen molar-refractivity contribution in [1.82, 2.24) is 4.90 Å². The van der Waals surface area contributed by atoms with Crippen molar-refractivity contribution in [2.45, 2.75) is 91.3 Å². The van der Waals surface area contributed by atoms with Crippen molar-refractivity contribution in [2.24, 2.45) is 11.1 Å². The maximum atomic E-state index is 6.40. The lowest BCUT2D eigenvalue weighted by atomic mass is 9.72. The van der Waals surface area contributed by atoms with Crippen LogP contribution in [0.3, 0.4) is 0 Å². The second kappa shape index (κ2) is 6.91. The van der Waals surface area contributed by atoms with Crippen LogP contribution in [0.25, 0.3) is 0 Å². The topological polar surface area (TPSA) is 29.3 Å². The summed E-state index contributed by atoms with van der Waals surface area (Å²) in [6, 6.07) is 1.58. The van der Waals surface area contributed by atoms with Gasteiger partial charge in [0.15, 0.2) is 0 Å². The highest BCUT2D eigenvalue weighted by atomic mass is 15.2. The van der Waals surface area contributed by atoms with Crippen LogP contribution >= 0.6 is 0 Å². The Kier molecular flexibility index (Phi) is 6.13. The molecule has 108 valence electrons. The van der Waals surface area contributed by atoms with Crippen molar-refractivity contribution in [2.75, 3.05) is 6.54 Å². The van der Waals surface area contributed by atoms with Crippen molar-refractivity contribution in [3.8, 4) is 0 Å². The molecule has 1 rings (SSSR count). The molecule has 0 aromatic rings. The van der Waals surface area contributed by atoms with Gasteiger partial charge in [-0.2, -0.15) is 0 Å². The fourth-order valence-electron chi connectivity index (χ4n) is 3.28. The van der Waals surface area contributed by atoms with Gasteiger partial charge in [0.25, 0.3) is 0 Å². The van der Waals surface area contributed by atoms with Crippen LogP contribution in [-0.4, -0.2) is 29.6 Å². The Morgan fingerprint density at radius 1 is 1.28 bits per heavy atom. The molecule has 2 atom stereocenters. The lowest BCUT2D eigenvalue weighted by molar-refractivity contribution is 0.0550. The summed E-state index contributed by atoms with van der Waals surface area (Å²) in [4.78, 5) is 2.67. The fraction of sp³-hybridized carbons (Fsp3) is 1.00. The number of nitrogens with two attached hydrogens (primary N) is 1. The maximum absolute atomic E-state index is 6.40. The molecule has 2 nitrogen and oxygen atoms in total. The maximum Gasteiger partial charge on any atom is 0.0254 e. The molecule has 2 unspecified atom stereocenters. The van der Waals surface area contributed by atoms with E-state index >= 15 is 0 Å². The van der Waals surface area contributed by atoms with E-state index in [1.54, 1.807) is 0 Å². The van der Waals surface area contributed by atoms with Crippen LogP contribution < -0.4 is 5.73 Å². The number of nitrogens with zero attached hydrogens (tertiary/aromatic N) is 1. The first-order chi connectivity index (χ1) is 8.37. The zero-order chi connectivity index (χ0) is 13.8. The van der Waals surface area contributed by atoms with E-state index in [4.69, 9.17) is 5.73 Å². The first-order valence-corrected chi connectivity index (χ1v) is 7.88. The molecule has 0 aromatic heterocycles. The van der Waals surface area contributed by atoms with Gasteiger partial charge in [0.1, 0.15) is 0 Å². The molecule has 18 heavy (non-hydrogen) atoms. The molecule has 2 N–H and O–H groups in total. The van der Waals surface area contributed by atoms with E-state index in [1.165, 1.54) is 45.1 Å². The molecular weight excluding hydrogens is 220 g/mol. The summed E-state index contributed by atoms with van der Waals surface area (Å²) in [5.74, 6) is 0. The molecule has 1 aliphatic rings. The summed E-state index contributed by atoms with van der Waals surface area (Å²) < 4.78 is 0. The molecule has 0 radical (unpaired) electrons. The second-order valence-electron chi connectivity index (χ2n) is 7.18. The number of hydrogen-bond donors (Lipinski definition) is 1. The molecule has 0 aromatic carbocycles. The van der Waals surface area contributed by atoms with Gasteiger partial charge < -0.3 is 5.73 Å². The van der Waals surface area contributed by atoms with E-state index in [2.05, 4.69) is 39.5 Å². The Morgan fingerprint density at radius 3 is 2.50 bits per heavy atom. The zero-order valence-corrected chi connectivity index (χ0v) is 13.2. The first-order valence-electron chi connectivity index (χ1n) is 7.88. The normalized spacial score (nSPS) is 28.0. The van der Waals surface area contributed by atoms with Crippen LogP contribution in [0.5, 0.6) is 0 Å². The minimum absolute atomic E-state index is 0.377. The minimum atomic E-state index is 0.377. The largest absolute Gasteiger partial charge is 0.326 e. The van der Waals surface area contributed by atoms with Crippen molar-refractivity contribution in [3.63, 3.8) is 0 Å². The highest BCUT2D eigenvalue weighted by Gasteiger charge is 2.36. The van der Waals surface area contributed by atoms with Gasteiger partial charge in [-0.3, -0.25) is 4.90 Å². The standard InChI is InChI=1S/C16H34N2/c1-6-7-8-11-18(13(2)3)15-12-16(4,5)10-9-14(15)17/h13-15H,6-12,17H2,1-5H3. The summed E-state index contributed by atoms with van der Waals surface area (Å²) in [5, 5.41) is 0. The molecule has 0 bridgehead atoms. The predicted octanol–water partition coefficient (Wildman–Crippen LogP) is 3.79. The molecule has 0 amide bonds. The van der Waals surface area contributed by atoms with Gasteiger partial charge in [-0.15, -0.1) is 0 Å². The average molecular weight is 254 g/mol. The summed E-state index contributed by atoms with van der Waals surface area (Å²) in [5.41, 5.74) is 6.87. The fourth-order valence-corrected chi connectivity index (χ4v) is 3.28. The quantitative estimate of drug-likeness (QED) is 0.731. The van der Waals surface area contributed by atoms with Gasteiger partial charge >= 0.3 is 0 Å². The molecule has 1 aliphatic carbocycles. The van der Waals surface area contributed by atoms with Gasteiger partial charge in [-0.1, -0.05) is 33.6 Å². The van der Waals surface area contributed by atoms with Crippen LogP contribution in [0.4, 0.5) is 0 Å². The second-order valence-corrected chi connectivity index (χ2v) is 7.18. The molecule has 0 spiro atoms. The average Bonchev–Trinajstić information content (AvgIpc) is 2.28. The van der Waals surface area contributed by atoms with E-state index in [0.29, 0.717) is 23.5 Å². The van der Waals surface area contributed by atoms with E-state index in [9.17, 15) is 0 Å². The van der Waals surface area contributed by atoms with Gasteiger partial charge in [0.2, 0.25) is 0 Å². The summed E-state index contributed by atoms with van der Waals surface area (Å²) in [6.07, 6.45) is 7.69. The molecule has 2 heteroatoms. The lowest BCUT2D eigenvalue weighted by Gasteiger charge is -2.46. The van der Waals surface area contributed by atoms with Gasteiger partial charge in [-0.05, 0) is 51.5 Å². The van der Waals surface area contributed by atoms with E-state index in [1.807, 2.05) is 0 Å². The molecule has 0 heterocycles. The number of hydrogen-bond acceptors (Lipinski definition) is 2. The van der Waals surface area contributed by atoms with Gasteiger partial charge in [-0.25, -0.2) is 0 Å². The van der Waals surface area contributed by atoms with Crippen LogP contribution in [-0.2, 0) is 0 Å². The first kappa shape index (κ1) is 16.0. The van der Waals surface area contributed by atoms with Crippen LogP contribution in [0.2, 0.25) is 0 Å². The smallest absolute Gasteiger partial charge is 0.0254 e. The van der Waals surface area contributed by atoms with Crippen LogP contribution in [0, 0.1) is 5.41 Å². The lowest BCUT2D eigenvalue weighted by Crippen LogP contribution is -2.55. The third-order valence-electron chi connectivity index (χ3n) is 4.52. The summed E-state index contributed by atoms with van der Waals surface area (Å²) in [6.45, 7) is 12.9.